The van der Waals surface area contributed by atoms with Crippen molar-refractivity contribution in [2.24, 2.45) is 11.8 Å². The number of rotatable bonds is 18. The van der Waals surface area contributed by atoms with Crippen LogP contribution in [-0.2, 0) is 14.3 Å². The lowest BCUT2D eigenvalue weighted by atomic mass is 10.0. The number of aromatic amines is 2. The van der Waals surface area contributed by atoms with E-state index in [2.05, 4.69) is 103 Å². The SMILES string of the molecule is C=C(C[C@@H](OCC)c1nc(-c2ccc(-c3ccc(-c4c[nH]c([C@@H](CC(=O)NCC(C)C)OCC)n4)cc3)cc2)c[nH]1)NCC(C)C. The molecule has 246 valence electrons. The Kier molecular flexibility index (Phi) is 12.7. The van der Waals surface area contributed by atoms with Crippen molar-refractivity contribution in [1.29, 1.82) is 0 Å². The Bertz CT molecular complexity index is 1410. The molecule has 0 bridgehead atoms. The van der Waals surface area contributed by atoms with Gasteiger partial charge in [0.2, 0.25) is 5.91 Å². The molecule has 0 spiro atoms. The second kappa shape index (κ2) is 16.9. The van der Waals surface area contributed by atoms with Crippen molar-refractivity contribution >= 4 is 5.91 Å². The van der Waals surface area contributed by atoms with Gasteiger partial charge in [-0.2, -0.15) is 0 Å². The normalized spacial score (nSPS) is 12.8. The monoisotopic (exact) mass is 626 g/mol. The third-order valence-electron chi connectivity index (χ3n) is 7.51. The second-order valence-corrected chi connectivity index (χ2v) is 12.4. The zero-order chi connectivity index (χ0) is 33.1. The Labute approximate surface area is 273 Å². The summed E-state index contributed by atoms with van der Waals surface area (Å²) < 4.78 is 11.9. The summed E-state index contributed by atoms with van der Waals surface area (Å²) >= 11 is 0. The van der Waals surface area contributed by atoms with Crippen LogP contribution in [0, 0.1) is 11.8 Å². The van der Waals surface area contributed by atoms with Gasteiger partial charge < -0.3 is 30.1 Å². The first kappa shape index (κ1) is 34.7. The largest absolute Gasteiger partial charge is 0.388 e. The van der Waals surface area contributed by atoms with E-state index in [-0.39, 0.29) is 18.4 Å². The van der Waals surface area contributed by atoms with Crippen molar-refractivity contribution in [3.05, 3.63) is 84.8 Å². The molecule has 0 saturated carbocycles. The van der Waals surface area contributed by atoms with Crippen molar-refractivity contribution in [2.75, 3.05) is 26.3 Å². The quantitative estimate of drug-likeness (QED) is 0.0904. The van der Waals surface area contributed by atoms with Crippen LogP contribution in [0.5, 0.6) is 0 Å². The maximum Gasteiger partial charge on any atom is 0.223 e. The molecule has 4 aromatic rings. The van der Waals surface area contributed by atoms with Gasteiger partial charge in [0.25, 0.3) is 0 Å². The highest BCUT2D eigenvalue weighted by Crippen LogP contribution is 2.29. The van der Waals surface area contributed by atoms with Gasteiger partial charge >= 0.3 is 0 Å². The van der Waals surface area contributed by atoms with Crippen LogP contribution < -0.4 is 10.6 Å². The van der Waals surface area contributed by atoms with Crippen molar-refractivity contribution in [2.45, 2.75) is 66.6 Å². The first-order valence-corrected chi connectivity index (χ1v) is 16.4. The minimum atomic E-state index is -0.425. The smallest absolute Gasteiger partial charge is 0.223 e. The Morgan fingerprint density at radius 1 is 0.696 bits per heavy atom. The maximum absolute atomic E-state index is 12.4. The Hall–Kier alpha value is -4.21. The second-order valence-electron chi connectivity index (χ2n) is 12.4. The summed E-state index contributed by atoms with van der Waals surface area (Å²) in [5.41, 5.74) is 6.86. The molecule has 2 aromatic carbocycles. The molecule has 0 saturated heterocycles. The van der Waals surface area contributed by atoms with E-state index < -0.39 is 6.10 Å². The van der Waals surface area contributed by atoms with E-state index in [9.17, 15) is 4.79 Å². The number of carbonyl (C=O) groups is 1. The molecule has 0 fully saturated rings. The number of amides is 1. The minimum absolute atomic E-state index is 0.0424. The number of hydrogen-bond acceptors (Lipinski definition) is 6. The van der Waals surface area contributed by atoms with Gasteiger partial charge in [-0.25, -0.2) is 9.97 Å². The summed E-state index contributed by atoms with van der Waals surface area (Å²) in [4.78, 5) is 28.6. The standard InChI is InChI=1S/C37H50N6O3/c1-8-45-33(18-26(7)38-20-24(3)4)36-40-22-31(42-36)29-14-10-27(11-15-29)28-12-16-30(17-13-28)32-23-41-37(43-32)34(46-9-2)19-35(44)39-21-25(5)6/h10-17,22-25,33-34,38H,7-9,18-21H2,1-6H3,(H,39,44)(H,40,42)(H,41,43)/t33-,34-/m1/s1. The molecular formula is C37H50N6O3. The van der Waals surface area contributed by atoms with Crippen LogP contribution in [0.3, 0.4) is 0 Å². The van der Waals surface area contributed by atoms with E-state index in [1.165, 1.54) is 0 Å². The average Bonchev–Trinajstić information content (AvgIpc) is 3.74. The predicted molar refractivity (Wildman–Crippen MR) is 185 cm³/mol. The molecule has 4 N–H and O–H groups in total. The lowest BCUT2D eigenvalue weighted by Gasteiger charge is -2.18. The minimum Gasteiger partial charge on any atom is -0.388 e. The lowest BCUT2D eigenvalue weighted by Crippen LogP contribution is -2.29. The maximum atomic E-state index is 12.4. The van der Waals surface area contributed by atoms with Gasteiger partial charge in [-0.05, 0) is 36.8 Å². The Morgan fingerprint density at radius 3 is 1.54 bits per heavy atom. The van der Waals surface area contributed by atoms with Crippen LogP contribution in [0.25, 0.3) is 33.6 Å². The van der Waals surface area contributed by atoms with E-state index in [0.29, 0.717) is 43.8 Å². The number of nitrogens with one attached hydrogen (secondary N) is 4. The van der Waals surface area contributed by atoms with Crippen LogP contribution in [-0.4, -0.2) is 52.1 Å². The summed E-state index contributed by atoms with van der Waals surface area (Å²) in [6.07, 6.45) is 4.07. The van der Waals surface area contributed by atoms with Crippen LogP contribution in [0.15, 0.2) is 73.2 Å². The average molecular weight is 627 g/mol. The fourth-order valence-corrected chi connectivity index (χ4v) is 5.04. The van der Waals surface area contributed by atoms with E-state index in [4.69, 9.17) is 19.4 Å². The first-order valence-electron chi connectivity index (χ1n) is 16.4. The number of hydrogen-bond donors (Lipinski definition) is 4. The van der Waals surface area contributed by atoms with Crippen molar-refractivity contribution in [1.82, 2.24) is 30.6 Å². The Morgan fingerprint density at radius 2 is 1.11 bits per heavy atom. The van der Waals surface area contributed by atoms with Crippen LogP contribution in [0.2, 0.25) is 0 Å². The molecule has 0 radical (unpaired) electrons. The molecule has 2 aromatic heterocycles. The molecule has 1 amide bonds. The van der Waals surface area contributed by atoms with Crippen LogP contribution >= 0.6 is 0 Å². The van der Waals surface area contributed by atoms with Gasteiger partial charge in [0.1, 0.15) is 23.9 Å². The number of aromatic nitrogens is 4. The molecule has 2 heterocycles. The summed E-state index contributed by atoms with van der Waals surface area (Å²) in [6.45, 7) is 19.2. The third kappa shape index (κ3) is 9.89. The van der Waals surface area contributed by atoms with Gasteiger partial charge in [0.05, 0.1) is 17.8 Å². The fourth-order valence-electron chi connectivity index (χ4n) is 5.04. The van der Waals surface area contributed by atoms with Crippen LogP contribution in [0.1, 0.15) is 78.2 Å². The van der Waals surface area contributed by atoms with Gasteiger partial charge in [0, 0.05) is 61.9 Å². The third-order valence-corrected chi connectivity index (χ3v) is 7.51. The highest BCUT2D eigenvalue weighted by Gasteiger charge is 2.21. The molecular weight excluding hydrogens is 576 g/mol. The molecule has 46 heavy (non-hydrogen) atoms. The molecule has 2 atom stereocenters. The van der Waals surface area contributed by atoms with Crippen molar-refractivity contribution in [3.8, 4) is 33.6 Å². The lowest BCUT2D eigenvalue weighted by molar-refractivity contribution is -0.124. The molecule has 9 nitrogen and oxygen atoms in total. The topological polar surface area (TPSA) is 117 Å². The summed E-state index contributed by atoms with van der Waals surface area (Å²) in [5.74, 6) is 2.34. The van der Waals surface area contributed by atoms with Gasteiger partial charge in [-0.1, -0.05) is 82.8 Å². The van der Waals surface area contributed by atoms with Crippen molar-refractivity contribution in [3.63, 3.8) is 0 Å². The zero-order valence-corrected chi connectivity index (χ0v) is 28.2. The molecule has 0 aliphatic heterocycles. The number of imidazole rings is 2. The molecule has 0 unspecified atom stereocenters. The molecule has 0 aliphatic carbocycles. The number of nitrogens with zero attached hydrogens (tertiary/aromatic N) is 2. The highest BCUT2D eigenvalue weighted by molar-refractivity contribution is 5.76. The number of ether oxygens (including phenoxy) is 2. The zero-order valence-electron chi connectivity index (χ0n) is 28.2. The fraction of sp³-hybridized carbons (Fsp3) is 0.432. The molecule has 4 rings (SSSR count). The van der Waals surface area contributed by atoms with Crippen molar-refractivity contribution < 1.29 is 14.3 Å². The molecule has 0 aliphatic rings. The number of H-pyrrole nitrogens is 2. The van der Waals surface area contributed by atoms with E-state index in [1.54, 1.807) is 0 Å². The predicted octanol–water partition coefficient (Wildman–Crippen LogP) is 7.60. The van der Waals surface area contributed by atoms with E-state index in [0.717, 1.165) is 51.7 Å². The van der Waals surface area contributed by atoms with Crippen LogP contribution in [0.4, 0.5) is 0 Å². The summed E-state index contributed by atoms with van der Waals surface area (Å²) in [7, 11) is 0. The van der Waals surface area contributed by atoms with Gasteiger partial charge in [-0.15, -0.1) is 0 Å². The highest BCUT2D eigenvalue weighted by atomic mass is 16.5. The summed E-state index contributed by atoms with van der Waals surface area (Å²) in [6, 6.07) is 16.7. The van der Waals surface area contributed by atoms with Gasteiger partial charge in [-0.3, -0.25) is 4.79 Å². The number of benzene rings is 2. The Balaban J connectivity index is 1.40. The van der Waals surface area contributed by atoms with Gasteiger partial charge in [0.15, 0.2) is 0 Å². The first-order chi connectivity index (χ1) is 22.2. The van der Waals surface area contributed by atoms with E-state index >= 15 is 0 Å². The molecule has 9 heteroatoms. The van der Waals surface area contributed by atoms with E-state index in [1.807, 2.05) is 26.2 Å². The number of carbonyl (C=O) groups excluding carboxylic acids is 1. The summed E-state index contributed by atoms with van der Waals surface area (Å²) in [5, 5.41) is 6.36.